The molecule has 0 aromatic heterocycles. The fourth-order valence-electron chi connectivity index (χ4n) is 1.82. The lowest BCUT2D eigenvalue weighted by molar-refractivity contribution is 0.104. The highest BCUT2D eigenvalue weighted by molar-refractivity contribution is 7.95. The highest BCUT2D eigenvalue weighted by Gasteiger charge is 2.21. The monoisotopic (exact) mass is 320 g/mol. The molecule has 5 heteroatoms. The molecule has 0 spiro atoms. The molecule has 0 aliphatic heterocycles. The van der Waals surface area contributed by atoms with Crippen molar-refractivity contribution < 1.29 is 13.2 Å². The van der Waals surface area contributed by atoms with Crippen LogP contribution in [-0.2, 0) is 9.84 Å². The second kappa shape index (κ2) is 6.24. The molecule has 2 aromatic carbocycles. The molecule has 21 heavy (non-hydrogen) atoms. The Labute approximate surface area is 128 Å². The summed E-state index contributed by atoms with van der Waals surface area (Å²) in [4.78, 5) is 12.1. The first-order chi connectivity index (χ1) is 9.88. The quantitative estimate of drug-likeness (QED) is 0.638. The molecule has 2 rings (SSSR count). The molecule has 0 saturated heterocycles. The van der Waals surface area contributed by atoms with Crippen molar-refractivity contribution in [1.82, 2.24) is 0 Å². The molecule has 0 fully saturated rings. The van der Waals surface area contributed by atoms with Gasteiger partial charge in [-0.05, 0) is 23.8 Å². The van der Waals surface area contributed by atoms with Gasteiger partial charge >= 0.3 is 0 Å². The molecule has 0 aliphatic rings. The van der Waals surface area contributed by atoms with Gasteiger partial charge in [0, 0.05) is 16.8 Å². The summed E-state index contributed by atoms with van der Waals surface area (Å²) < 4.78 is 23.8. The minimum absolute atomic E-state index is 0.254. The summed E-state index contributed by atoms with van der Waals surface area (Å²) in [6.07, 6.45) is 2.36. The normalized spacial score (nSPS) is 12.2. The molecule has 0 atom stereocenters. The number of allylic oxidation sites excluding steroid dienone is 1. The first-order valence-electron chi connectivity index (χ1n) is 6.15. The van der Waals surface area contributed by atoms with Crippen molar-refractivity contribution in [2.75, 3.05) is 6.26 Å². The van der Waals surface area contributed by atoms with Crippen molar-refractivity contribution in [3.8, 4) is 0 Å². The molecule has 0 radical (unpaired) electrons. The number of carbonyl (C=O) groups excluding carboxylic acids is 1. The molecule has 0 N–H and O–H groups in total. The summed E-state index contributed by atoms with van der Waals surface area (Å²) in [6, 6.07) is 15.0. The van der Waals surface area contributed by atoms with E-state index in [2.05, 4.69) is 0 Å². The molecule has 0 amide bonds. The van der Waals surface area contributed by atoms with Gasteiger partial charge in [0.15, 0.2) is 9.84 Å². The predicted molar refractivity (Wildman–Crippen MR) is 85.0 cm³/mol. The van der Waals surface area contributed by atoms with E-state index in [1.54, 1.807) is 54.6 Å². The van der Waals surface area contributed by atoms with Gasteiger partial charge in [-0.2, -0.15) is 0 Å². The third-order valence-corrected chi connectivity index (χ3v) is 4.14. The van der Waals surface area contributed by atoms with Gasteiger partial charge in [0.1, 0.15) is 4.91 Å². The lowest BCUT2D eigenvalue weighted by Crippen LogP contribution is -2.12. The maximum atomic E-state index is 12.4. The van der Waals surface area contributed by atoms with E-state index in [-0.39, 0.29) is 4.91 Å². The third kappa shape index (κ3) is 4.03. The SMILES string of the molecule is CS(=O)(=O)C(=Cc1cccc(Cl)c1)C(=O)c1ccccc1. The zero-order chi connectivity index (χ0) is 15.5. The van der Waals surface area contributed by atoms with Crippen molar-refractivity contribution in [3.63, 3.8) is 0 Å². The van der Waals surface area contributed by atoms with Gasteiger partial charge in [-0.1, -0.05) is 54.1 Å². The molecule has 0 unspecified atom stereocenters. The number of rotatable bonds is 4. The van der Waals surface area contributed by atoms with Gasteiger partial charge in [0.25, 0.3) is 0 Å². The lowest BCUT2D eigenvalue weighted by atomic mass is 10.1. The second-order valence-corrected chi connectivity index (χ2v) is 6.95. The van der Waals surface area contributed by atoms with Gasteiger partial charge in [0.05, 0.1) is 0 Å². The number of ketones is 1. The van der Waals surface area contributed by atoms with Crippen molar-refractivity contribution in [2.45, 2.75) is 0 Å². The van der Waals surface area contributed by atoms with E-state index in [9.17, 15) is 13.2 Å². The van der Waals surface area contributed by atoms with E-state index in [0.29, 0.717) is 16.1 Å². The van der Waals surface area contributed by atoms with Gasteiger partial charge in [0.2, 0.25) is 5.78 Å². The Bertz CT molecular complexity index is 793. The Kier molecular flexibility index (Phi) is 4.60. The Morgan fingerprint density at radius 3 is 2.29 bits per heavy atom. The average Bonchev–Trinajstić information content (AvgIpc) is 2.44. The summed E-state index contributed by atoms with van der Waals surface area (Å²) in [5, 5.41) is 0.476. The van der Waals surface area contributed by atoms with Crippen molar-refractivity contribution in [1.29, 1.82) is 0 Å². The van der Waals surface area contributed by atoms with Crippen LogP contribution >= 0.6 is 11.6 Å². The number of hydrogen-bond donors (Lipinski definition) is 0. The second-order valence-electron chi connectivity index (χ2n) is 4.53. The molecule has 108 valence electrons. The fourth-order valence-corrected chi connectivity index (χ4v) is 2.82. The van der Waals surface area contributed by atoms with E-state index >= 15 is 0 Å². The lowest BCUT2D eigenvalue weighted by Gasteiger charge is -2.05. The van der Waals surface area contributed by atoms with Crippen LogP contribution in [0.4, 0.5) is 0 Å². The van der Waals surface area contributed by atoms with Gasteiger partial charge in [-0.25, -0.2) is 8.42 Å². The summed E-state index contributed by atoms with van der Waals surface area (Å²) in [5.74, 6) is -0.530. The Balaban J connectivity index is 2.53. The van der Waals surface area contributed by atoms with Gasteiger partial charge in [-0.3, -0.25) is 4.79 Å². The largest absolute Gasteiger partial charge is 0.288 e. The van der Waals surface area contributed by atoms with Crippen molar-refractivity contribution in [2.24, 2.45) is 0 Å². The molecule has 0 aliphatic carbocycles. The smallest absolute Gasteiger partial charge is 0.204 e. The minimum atomic E-state index is -3.65. The number of sulfone groups is 1. The van der Waals surface area contributed by atoms with E-state index in [0.717, 1.165) is 6.26 Å². The minimum Gasteiger partial charge on any atom is -0.288 e. The van der Waals surface area contributed by atoms with E-state index < -0.39 is 15.6 Å². The van der Waals surface area contributed by atoms with Gasteiger partial charge < -0.3 is 0 Å². The first-order valence-corrected chi connectivity index (χ1v) is 8.42. The van der Waals surface area contributed by atoms with Crippen LogP contribution in [0, 0.1) is 0 Å². The number of benzene rings is 2. The zero-order valence-electron chi connectivity index (χ0n) is 11.3. The molecular formula is C16H13ClO3S. The maximum absolute atomic E-state index is 12.4. The number of halogens is 1. The van der Waals surface area contributed by atoms with Gasteiger partial charge in [-0.15, -0.1) is 0 Å². The first kappa shape index (κ1) is 15.5. The highest BCUT2D eigenvalue weighted by atomic mass is 35.5. The summed E-state index contributed by atoms with van der Waals surface area (Å²) in [7, 11) is -3.65. The number of hydrogen-bond acceptors (Lipinski definition) is 3. The van der Waals surface area contributed by atoms with Crippen LogP contribution in [0.25, 0.3) is 6.08 Å². The van der Waals surface area contributed by atoms with E-state index in [1.165, 1.54) is 6.08 Å². The third-order valence-electron chi connectivity index (χ3n) is 2.81. The number of Topliss-reactive ketones (excluding diaryl/α,β-unsaturated/α-hetero) is 1. The Hall–Kier alpha value is -1.91. The molecule has 2 aromatic rings. The van der Waals surface area contributed by atoms with Crippen LogP contribution in [0.1, 0.15) is 15.9 Å². The molecule has 0 saturated carbocycles. The fraction of sp³-hybridized carbons (Fsp3) is 0.0625. The zero-order valence-corrected chi connectivity index (χ0v) is 12.9. The summed E-state index contributed by atoms with van der Waals surface area (Å²) in [5.41, 5.74) is 0.892. The molecule has 0 bridgehead atoms. The molecule has 0 heterocycles. The predicted octanol–water partition coefficient (Wildman–Crippen LogP) is 3.61. The summed E-state index contributed by atoms with van der Waals surface area (Å²) >= 11 is 5.88. The highest BCUT2D eigenvalue weighted by Crippen LogP contribution is 2.19. The van der Waals surface area contributed by atoms with Crippen molar-refractivity contribution in [3.05, 3.63) is 75.7 Å². The average molecular weight is 321 g/mol. The van der Waals surface area contributed by atoms with Crippen molar-refractivity contribution >= 4 is 33.3 Å². The standard InChI is InChI=1S/C16H13ClO3S/c1-21(19,20)15(11-12-6-5-9-14(17)10-12)16(18)13-7-3-2-4-8-13/h2-11H,1H3. The van der Waals surface area contributed by atoms with Crippen LogP contribution in [0.3, 0.4) is 0 Å². The maximum Gasteiger partial charge on any atom is 0.204 e. The number of carbonyl (C=O) groups is 1. The van der Waals surface area contributed by atoms with E-state index in [4.69, 9.17) is 11.6 Å². The topological polar surface area (TPSA) is 51.2 Å². The van der Waals surface area contributed by atoms with Crippen LogP contribution in [0.15, 0.2) is 59.5 Å². The van der Waals surface area contributed by atoms with Crippen LogP contribution in [0.5, 0.6) is 0 Å². The Morgan fingerprint density at radius 2 is 1.71 bits per heavy atom. The van der Waals surface area contributed by atoms with Crippen LogP contribution < -0.4 is 0 Å². The Morgan fingerprint density at radius 1 is 1.05 bits per heavy atom. The van der Waals surface area contributed by atoms with E-state index in [1.807, 2.05) is 0 Å². The molecular weight excluding hydrogens is 308 g/mol. The van der Waals surface area contributed by atoms with Crippen LogP contribution in [0.2, 0.25) is 5.02 Å². The summed E-state index contributed by atoms with van der Waals surface area (Å²) in [6.45, 7) is 0. The molecule has 3 nitrogen and oxygen atoms in total. The van der Waals surface area contributed by atoms with Crippen LogP contribution in [-0.4, -0.2) is 20.5 Å².